The molecule has 0 aliphatic heterocycles. The van der Waals surface area contributed by atoms with E-state index in [2.05, 4.69) is 41.4 Å². The Morgan fingerprint density at radius 2 is 1.82 bits per heavy atom. The number of anilines is 3. The Bertz CT molecular complexity index is 1280. The van der Waals surface area contributed by atoms with Crippen LogP contribution in [-0.2, 0) is 14.9 Å². The molecule has 2 aromatic heterocycles. The molecule has 0 fully saturated rings. The SMILES string of the molecule is COCC(=O)Nc1cccc2oc(Nc3cccnc3Oc3ccccc3C(C)(C)C)nc12. The van der Waals surface area contributed by atoms with Gasteiger partial charge >= 0.3 is 0 Å². The quantitative estimate of drug-likeness (QED) is 0.379. The smallest absolute Gasteiger partial charge is 0.300 e. The number of fused-ring (bicyclic) bond motifs is 1. The van der Waals surface area contributed by atoms with Crippen molar-refractivity contribution in [3.63, 3.8) is 0 Å². The van der Waals surface area contributed by atoms with Crippen LogP contribution < -0.4 is 15.4 Å². The summed E-state index contributed by atoms with van der Waals surface area (Å²) in [7, 11) is 1.46. The highest BCUT2D eigenvalue weighted by Crippen LogP contribution is 2.36. The van der Waals surface area contributed by atoms with Crippen LogP contribution in [0.5, 0.6) is 11.6 Å². The fraction of sp³-hybridized carbons (Fsp3) is 0.240. The van der Waals surface area contributed by atoms with Crippen molar-refractivity contribution in [3.05, 3.63) is 66.4 Å². The van der Waals surface area contributed by atoms with Gasteiger partial charge in [0.25, 0.3) is 6.01 Å². The molecule has 8 heteroatoms. The third-order valence-corrected chi connectivity index (χ3v) is 4.88. The summed E-state index contributed by atoms with van der Waals surface area (Å²) in [5.41, 5.74) is 3.15. The molecule has 0 unspecified atom stereocenters. The second-order valence-electron chi connectivity index (χ2n) is 8.48. The minimum absolute atomic E-state index is 0.0498. The molecule has 2 heterocycles. The first-order valence-electron chi connectivity index (χ1n) is 10.5. The van der Waals surface area contributed by atoms with Crippen LogP contribution in [0.25, 0.3) is 11.1 Å². The van der Waals surface area contributed by atoms with E-state index in [0.717, 1.165) is 11.3 Å². The third kappa shape index (κ3) is 5.12. The molecule has 0 aliphatic carbocycles. The molecule has 0 atom stereocenters. The molecule has 2 aromatic carbocycles. The number of benzene rings is 2. The second-order valence-corrected chi connectivity index (χ2v) is 8.48. The van der Waals surface area contributed by atoms with Gasteiger partial charge in [-0.15, -0.1) is 0 Å². The maximum Gasteiger partial charge on any atom is 0.300 e. The zero-order valence-corrected chi connectivity index (χ0v) is 19.0. The fourth-order valence-corrected chi connectivity index (χ4v) is 3.38. The van der Waals surface area contributed by atoms with Crippen LogP contribution in [0.4, 0.5) is 17.4 Å². The largest absolute Gasteiger partial charge is 0.437 e. The molecule has 0 bridgehead atoms. The van der Waals surface area contributed by atoms with E-state index in [0.29, 0.717) is 28.4 Å². The Morgan fingerprint density at radius 1 is 1.03 bits per heavy atom. The Hall–Kier alpha value is -3.91. The van der Waals surface area contributed by atoms with Crippen LogP contribution in [0.3, 0.4) is 0 Å². The van der Waals surface area contributed by atoms with Crippen molar-refractivity contribution < 1.29 is 18.7 Å². The number of carbonyl (C=O) groups excluding carboxylic acids is 1. The van der Waals surface area contributed by atoms with Crippen molar-refractivity contribution >= 4 is 34.4 Å². The summed E-state index contributed by atoms with van der Waals surface area (Å²) in [4.78, 5) is 20.8. The van der Waals surface area contributed by atoms with E-state index < -0.39 is 0 Å². The highest BCUT2D eigenvalue weighted by Gasteiger charge is 2.20. The monoisotopic (exact) mass is 446 g/mol. The molecule has 0 radical (unpaired) electrons. The Kier molecular flexibility index (Phi) is 6.28. The number of para-hydroxylation sites is 2. The minimum Gasteiger partial charge on any atom is -0.437 e. The molecule has 2 N–H and O–H groups in total. The van der Waals surface area contributed by atoms with Crippen LogP contribution in [0.15, 0.2) is 65.2 Å². The molecule has 0 saturated carbocycles. The first-order valence-corrected chi connectivity index (χ1v) is 10.5. The number of nitrogens with one attached hydrogen (secondary N) is 2. The van der Waals surface area contributed by atoms with Gasteiger partial charge in [0.05, 0.1) is 5.69 Å². The summed E-state index contributed by atoms with van der Waals surface area (Å²) in [5, 5.41) is 5.92. The van der Waals surface area contributed by atoms with Crippen LogP contribution >= 0.6 is 0 Å². The lowest BCUT2D eigenvalue weighted by molar-refractivity contribution is -0.119. The summed E-state index contributed by atoms with van der Waals surface area (Å²) < 4.78 is 16.9. The molecule has 4 aromatic rings. The zero-order chi connectivity index (χ0) is 23.4. The lowest BCUT2D eigenvalue weighted by Crippen LogP contribution is -2.17. The minimum atomic E-state index is -0.275. The lowest BCUT2D eigenvalue weighted by atomic mass is 9.86. The Labute approximate surface area is 192 Å². The summed E-state index contributed by atoms with van der Waals surface area (Å²) in [6.07, 6.45) is 1.66. The first-order chi connectivity index (χ1) is 15.8. The van der Waals surface area contributed by atoms with Gasteiger partial charge in [-0.05, 0) is 35.7 Å². The number of rotatable bonds is 7. The number of hydrogen-bond acceptors (Lipinski definition) is 7. The maximum absolute atomic E-state index is 11.9. The number of pyridine rings is 1. The first kappa shape index (κ1) is 22.3. The Balaban J connectivity index is 1.62. The number of nitrogens with zero attached hydrogens (tertiary/aromatic N) is 2. The van der Waals surface area contributed by atoms with Gasteiger partial charge in [-0.2, -0.15) is 4.98 Å². The van der Waals surface area contributed by atoms with Gasteiger partial charge < -0.3 is 24.5 Å². The van der Waals surface area contributed by atoms with Crippen molar-refractivity contribution in [2.45, 2.75) is 26.2 Å². The lowest BCUT2D eigenvalue weighted by Gasteiger charge is -2.22. The summed E-state index contributed by atoms with van der Waals surface area (Å²) in [6.45, 7) is 6.35. The molecular weight excluding hydrogens is 420 g/mol. The summed E-state index contributed by atoms with van der Waals surface area (Å²) in [5.74, 6) is 0.848. The maximum atomic E-state index is 11.9. The Morgan fingerprint density at radius 3 is 2.61 bits per heavy atom. The molecule has 4 rings (SSSR count). The second kappa shape index (κ2) is 9.30. The van der Waals surface area contributed by atoms with Crippen LogP contribution in [0.2, 0.25) is 0 Å². The van der Waals surface area contributed by atoms with Crippen LogP contribution in [0.1, 0.15) is 26.3 Å². The van der Waals surface area contributed by atoms with E-state index >= 15 is 0 Å². The molecule has 0 saturated heterocycles. The predicted octanol–water partition coefficient (Wildman–Crippen LogP) is 5.64. The number of oxazole rings is 1. The number of methoxy groups -OCH3 is 1. The summed E-state index contributed by atoms with van der Waals surface area (Å²) >= 11 is 0. The molecule has 1 amide bonds. The zero-order valence-electron chi connectivity index (χ0n) is 19.0. The fourth-order valence-electron chi connectivity index (χ4n) is 3.38. The molecule has 0 spiro atoms. The van der Waals surface area contributed by atoms with Crippen molar-refractivity contribution in [3.8, 4) is 11.6 Å². The van der Waals surface area contributed by atoms with Gasteiger partial charge in [0.1, 0.15) is 23.6 Å². The van der Waals surface area contributed by atoms with Gasteiger partial charge in [0.2, 0.25) is 11.8 Å². The molecule has 0 aliphatic rings. The normalized spacial score (nSPS) is 11.4. The van der Waals surface area contributed by atoms with E-state index in [1.165, 1.54) is 7.11 Å². The average molecular weight is 447 g/mol. The highest BCUT2D eigenvalue weighted by molar-refractivity contribution is 5.99. The van der Waals surface area contributed by atoms with E-state index in [1.54, 1.807) is 30.5 Å². The topological polar surface area (TPSA) is 98.5 Å². The third-order valence-electron chi connectivity index (χ3n) is 4.88. The van der Waals surface area contributed by atoms with Gasteiger partial charge in [-0.25, -0.2) is 4.98 Å². The number of hydrogen-bond donors (Lipinski definition) is 2. The number of amides is 1. The van der Waals surface area contributed by atoms with E-state index in [9.17, 15) is 4.79 Å². The highest BCUT2D eigenvalue weighted by atomic mass is 16.5. The van der Waals surface area contributed by atoms with Gasteiger partial charge in [-0.3, -0.25) is 4.79 Å². The van der Waals surface area contributed by atoms with Gasteiger partial charge in [0.15, 0.2) is 5.58 Å². The predicted molar refractivity (Wildman–Crippen MR) is 127 cm³/mol. The van der Waals surface area contributed by atoms with Crippen molar-refractivity contribution in [2.24, 2.45) is 0 Å². The van der Waals surface area contributed by atoms with Crippen molar-refractivity contribution in [2.75, 3.05) is 24.4 Å². The van der Waals surface area contributed by atoms with Crippen molar-refractivity contribution in [1.29, 1.82) is 0 Å². The average Bonchev–Trinajstić information content (AvgIpc) is 3.18. The molecule has 170 valence electrons. The van der Waals surface area contributed by atoms with E-state index in [4.69, 9.17) is 13.9 Å². The van der Waals surface area contributed by atoms with Gasteiger partial charge in [-0.1, -0.05) is 45.0 Å². The van der Waals surface area contributed by atoms with E-state index in [-0.39, 0.29) is 23.9 Å². The van der Waals surface area contributed by atoms with Gasteiger partial charge in [0, 0.05) is 18.9 Å². The molecule has 33 heavy (non-hydrogen) atoms. The number of aromatic nitrogens is 2. The molecular formula is C25H26N4O4. The van der Waals surface area contributed by atoms with E-state index in [1.807, 2.05) is 30.3 Å². The standard InChI is InChI=1S/C25H26N4O4/c1-25(2,3)16-9-5-6-12-19(16)32-23-18(11-8-14-26-23)28-24-29-22-17(27-21(30)15-31-4)10-7-13-20(22)33-24/h5-14H,15H2,1-4H3,(H,27,30)(H,28,29). The van der Waals surface area contributed by atoms with Crippen LogP contribution in [-0.4, -0.2) is 29.6 Å². The van der Waals surface area contributed by atoms with Crippen LogP contribution in [0, 0.1) is 0 Å². The van der Waals surface area contributed by atoms with Crippen molar-refractivity contribution in [1.82, 2.24) is 9.97 Å². The molecule has 8 nitrogen and oxygen atoms in total. The number of ether oxygens (including phenoxy) is 2. The number of carbonyl (C=O) groups is 1. The summed E-state index contributed by atoms with van der Waals surface area (Å²) in [6, 6.07) is 17.1.